The minimum Gasteiger partial charge on any atom is -0.475 e. The molecule has 0 aliphatic heterocycles. The summed E-state index contributed by atoms with van der Waals surface area (Å²) in [5.41, 5.74) is 0.372. The van der Waals surface area contributed by atoms with Crippen LogP contribution in [0, 0.1) is 6.92 Å². The van der Waals surface area contributed by atoms with Gasteiger partial charge >= 0.3 is 6.18 Å². The van der Waals surface area contributed by atoms with Crippen molar-refractivity contribution in [2.45, 2.75) is 33.0 Å². The maximum Gasteiger partial charge on any atom is 0.417 e. The topological polar surface area (TPSA) is 55.3 Å². The van der Waals surface area contributed by atoms with Crippen molar-refractivity contribution in [3.05, 3.63) is 51.9 Å². The van der Waals surface area contributed by atoms with Crippen LogP contribution in [0.1, 0.15) is 35.5 Å². The quantitative estimate of drug-likeness (QED) is 0.656. The molecule has 27 heavy (non-hydrogen) atoms. The van der Waals surface area contributed by atoms with Crippen LogP contribution >= 0.6 is 15.9 Å². The van der Waals surface area contributed by atoms with Gasteiger partial charge in [0, 0.05) is 29.5 Å². The van der Waals surface area contributed by atoms with Gasteiger partial charge in [0.25, 0.3) is 5.91 Å². The van der Waals surface area contributed by atoms with Gasteiger partial charge in [-0.25, -0.2) is 9.97 Å². The van der Waals surface area contributed by atoms with Gasteiger partial charge in [-0.2, -0.15) is 13.2 Å². The maximum atomic E-state index is 12.8. The van der Waals surface area contributed by atoms with Crippen molar-refractivity contribution in [1.82, 2.24) is 14.9 Å². The molecular weight excluding hydrogens is 427 g/mol. The second-order valence-corrected chi connectivity index (χ2v) is 6.83. The first kappa shape index (κ1) is 21.1. The molecule has 0 bridgehead atoms. The fourth-order valence-electron chi connectivity index (χ4n) is 2.41. The first-order valence-corrected chi connectivity index (χ1v) is 9.02. The first-order chi connectivity index (χ1) is 12.6. The number of rotatable bonds is 6. The van der Waals surface area contributed by atoms with Crippen LogP contribution in [-0.2, 0) is 6.18 Å². The Kier molecular flexibility index (Phi) is 6.80. The van der Waals surface area contributed by atoms with Crippen LogP contribution in [0.2, 0.25) is 0 Å². The van der Waals surface area contributed by atoms with E-state index in [-0.39, 0.29) is 24.4 Å². The molecule has 1 amide bonds. The summed E-state index contributed by atoms with van der Waals surface area (Å²) in [5, 5.41) is 0. The second kappa shape index (κ2) is 8.69. The van der Waals surface area contributed by atoms with Crippen molar-refractivity contribution in [3.63, 3.8) is 0 Å². The molecule has 0 saturated heterocycles. The number of amides is 1. The number of aryl methyl sites for hydroxylation is 1. The van der Waals surface area contributed by atoms with E-state index in [1.807, 2.05) is 13.8 Å². The highest BCUT2D eigenvalue weighted by Gasteiger charge is 2.31. The van der Waals surface area contributed by atoms with Crippen molar-refractivity contribution in [2.24, 2.45) is 0 Å². The molecule has 0 spiro atoms. The Bertz CT molecular complexity index is 797. The van der Waals surface area contributed by atoms with E-state index >= 15 is 0 Å². The largest absolute Gasteiger partial charge is 0.475 e. The number of nitrogens with zero attached hydrogens (tertiary/aromatic N) is 3. The predicted octanol–water partition coefficient (Wildman–Crippen LogP) is 4.50. The van der Waals surface area contributed by atoms with E-state index in [1.54, 1.807) is 24.1 Å². The minimum atomic E-state index is -4.45. The highest BCUT2D eigenvalue weighted by atomic mass is 79.9. The molecule has 0 fully saturated rings. The van der Waals surface area contributed by atoms with E-state index in [1.165, 1.54) is 0 Å². The van der Waals surface area contributed by atoms with Crippen molar-refractivity contribution in [1.29, 1.82) is 0 Å². The summed E-state index contributed by atoms with van der Waals surface area (Å²) in [6.07, 6.45) is -2.12. The summed E-state index contributed by atoms with van der Waals surface area (Å²) in [7, 11) is 0. The molecule has 2 rings (SSSR count). The zero-order valence-electron chi connectivity index (χ0n) is 15.0. The third-order valence-electron chi connectivity index (χ3n) is 3.85. The highest BCUT2D eigenvalue weighted by Crippen LogP contribution is 2.29. The number of ether oxygens (including phenoxy) is 1. The summed E-state index contributed by atoms with van der Waals surface area (Å²) >= 11 is 3.35. The lowest BCUT2D eigenvalue weighted by Gasteiger charge is -2.28. The Morgan fingerprint density at radius 3 is 2.52 bits per heavy atom. The molecule has 1 atom stereocenters. The average Bonchev–Trinajstić information content (AvgIpc) is 2.60. The van der Waals surface area contributed by atoms with Crippen molar-refractivity contribution in [3.8, 4) is 5.88 Å². The highest BCUT2D eigenvalue weighted by molar-refractivity contribution is 9.10. The number of carbonyl (C=O) groups is 1. The molecular formula is C18H19BrF3N3O2. The number of carbonyl (C=O) groups excluding carboxylic acids is 1. The molecule has 2 aromatic rings. The second-order valence-electron chi connectivity index (χ2n) is 5.98. The van der Waals surface area contributed by atoms with Gasteiger partial charge in [-0.15, -0.1) is 0 Å². The minimum absolute atomic E-state index is 0.0630. The van der Waals surface area contributed by atoms with E-state index in [0.29, 0.717) is 16.7 Å². The van der Waals surface area contributed by atoms with E-state index in [9.17, 15) is 18.0 Å². The number of hydrogen-bond donors (Lipinski definition) is 0. The van der Waals surface area contributed by atoms with Gasteiger partial charge in [0.2, 0.25) is 5.88 Å². The van der Waals surface area contributed by atoms with Gasteiger partial charge in [-0.3, -0.25) is 4.79 Å². The summed E-state index contributed by atoms with van der Waals surface area (Å²) in [6.45, 7) is 5.99. The van der Waals surface area contributed by atoms with E-state index in [2.05, 4.69) is 25.9 Å². The fraction of sp³-hybridized carbons (Fsp3) is 0.389. The standard InChI is InChI=1S/C18H19BrF3N3O2/c1-4-25(17(26)16-14(19)7-11(2)8-24-16)12(3)10-27-15-6-5-13(9-23-15)18(20,21)22/h5-9,12H,4,10H2,1-3H3. The third kappa shape index (κ3) is 5.41. The molecule has 1 unspecified atom stereocenters. The van der Waals surface area contributed by atoms with Crippen molar-refractivity contribution >= 4 is 21.8 Å². The average molecular weight is 446 g/mol. The third-order valence-corrected chi connectivity index (χ3v) is 4.45. The van der Waals surface area contributed by atoms with Gasteiger partial charge in [-0.1, -0.05) is 0 Å². The van der Waals surface area contributed by atoms with Gasteiger partial charge in [0.05, 0.1) is 11.6 Å². The van der Waals surface area contributed by atoms with Crippen LogP contribution < -0.4 is 4.74 Å². The lowest BCUT2D eigenvalue weighted by atomic mass is 10.2. The molecule has 0 aliphatic rings. The van der Waals surface area contributed by atoms with Crippen molar-refractivity contribution in [2.75, 3.05) is 13.2 Å². The fourth-order valence-corrected chi connectivity index (χ4v) is 3.04. The lowest BCUT2D eigenvalue weighted by molar-refractivity contribution is -0.137. The molecule has 5 nitrogen and oxygen atoms in total. The zero-order valence-corrected chi connectivity index (χ0v) is 16.6. The number of hydrogen-bond acceptors (Lipinski definition) is 4. The summed E-state index contributed by atoms with van der Waals surface area (Å²) in [5.74, 6) is -0.200. The van der Waals surface area contributed by atoms with E-state index in [4.69, 9.17) is 4.74 Å². The molecule has 2 aromatic heterocycles. The molecule has 0 radical (unpaired) electrons. The van der Waals surface area contributed by atoms with Crippen LogP contribution in [-0.4, -0.2) is 40.0 Å². The van der Waals surface area contributed by atoms with Crippen LogP contribution in [0.4, 0.5) is 13.2 Å². The SMILES string of the molecule is CCN(C(=O)c1ncc(C)cc1Br)C(C)COc1ccc(C(F)(F)F)cn1. The molecule has 0 N–H and O–H groups in total. The van der Waals surface area contributed by atoms with Crippen molar-refractivity contribution < 1.29 is 22.7 Å². The van der Waals surface area contributed by atoms with E-state index < -0.39 is 11.7 Å². The van der Waals surface area contributed by atoms with Gasteiger partial charge in [0.15, 0.2) is 0 Å². The van der Waals surface area contributed by atoms with Crippen LogP contribution in [0.3, 0.4) is 0 Å². The molecule has 0 aromatic carbocycles. The Morgan fingerprint density at radius 2 is 2.00 bits per heavy atom. The van der Waals surface area contributed by atoms with Crippen LogP contribution in [0.5, 0.6) is 5.88 Å². The maximum absolute atomic E-state index is 12.8. The number of aromatic nitrogens is 2. The monoisotopic (exact) mass is 445 g/mol. The predicted molar refractivity (Wildman–Crippen MR) is 97.6 cm³/mol. The Balaban J connectivity index is 2.04. The molecule has 2 heterocycles. The molecule has 0 aliphatic carbocycles. The number of pyridine rings is 2. The normalized spacial score (nSPS) is 12.6. The summed E-state index contributed by atoms with van der Waals surface area (Å²) < 4.78 is 43.7. The van der Waals surface area contributed by atoms with Crippen LogP contribution in [0.15, 0.2) is 35.1 Å². The van der Waals surface area contributed by atoms with Gasteiger partial charge in [-0.05, 0) is 54.4 Å². The Labute approximate surface area is 163 Å². The van der Waals surface area contributed by atoms with Gasteiger partial charge in [0.1, 0.15) is 12.3 Å². The lowest BCUT2D eigenvalue weighted by Crippen LogP contribution is -2.42. The van der Waals surface area contributed by atoms with E-state index in [0.717, 1.165) is 23.9 Å². The van der Waals surface area contributed by atoms with Gasteiger partial charge < -0.3 is 9.64 Å². The molecule has 146 valence electrons. The Hall–Kier alpha value is -2.16. The number of alkyl halides is 3. The number of halogens is 4. The molecule has 9 heteroatoms. The first-order valence-electron chi connectivity index (χ1n) is 8.22. The number of likely N-dealkylation sites (N-methyl/N-ethyl adjacent to an activating group) is 1. The zero-order chi connectivity index (χ0) is 20.2. The Morgan fingerprint density at radius 1 is 1.30 bits per heavy atom. The summed E-state index contributed by atoms with van der Waals surface area (Å²) in [4.78, 5) is 22.2. The summed E-state index contributed by atoms with van der Waals surface area (Å²) in [6, 6.07) is 3.54. The van der Waals surface area contributed by atoms with Crippen LogP contribution in [0.25, 0.3) is 0 Å². The molecule has 0 saturated carbocycles. The smallest absolute Gasteiger partial charge is 0.417 e.